The van der Waals surface area contributed by atoms with Crippen LogP contribution in [0.15, 0.2) is 0 Å². The van der Waals surface area contributed by atoms with Crippen molar-refractivity contribution in [2.24, 2.45) is 11.7 Å². The van der Waals surface area contributed by atoms with E-state index < -0.39 is 6.03 Å². The summed E-state index contributed by atoms with van der Waals surface area (Å²) in [4.78, 5) is 24.8. The van der Waals surface area contributed by atoms with E-state index in [2.05, 4.69) is 17.6 Å². The van der Waals surface area contributed by atoms with Gasteiger partial charge in [0.1, 0.15) is 0 Å². The van der Waals surface area contributed by atoms with Gasteiger partial charge in [-0.15, -0.1) is 0 Å². The van der Waals surface area contributed by atoms with Gasteiger partial charge >= 0.3 is 6.03 Å². The molecular formula is C11H22N4O2. The molecule has 1 fully saturated rings. The minimum Gasteiger partial charge on any atom is -0.336 e. The van der Waals surface area contributed by atoms with Crippen molar-refractivity contribution in [3.63, 3.8) is 0 Å². The summed E-state index contributed by atoms with van der Waals surface area (Å²) in [6.07, 6.45) is 0. The molecule has 6 nitrogen and oxygen atoms in total. The first kappa shape index (κ1) is 13.9. The van der Waals surface area contributed by atoms with Gasteiger partial charge in [0.25, 0.3) is 0 Å². The van der Waals surface area contributed by atoms with Gasteiger partial charge in [0, 0.05) is 25.2 Å². The number of carbonyl (C=O) groups excluding carboxylic acids is 2. The van der Waals surface area contributed by atoms with Gasteiger partial charge in [-0.3, -0.25) is 15.0 Å². The van der Waals surface area contributed by atoms with E-state index in [1.54, 1.807) is 0 Å². The van der Waals surface area contributed by atoms with E-state index in [0.717, 1.165) is 6.54 Å². The lowest BCUT2D eigenvalue weighted by Crippen LogP contribution is -2.46. The number of hydrogen-bond acceptors (Lipinski definition) is 4. The minimum atomic E-state index is -0.443. The average molecular weight is 242 g/mol. The zero-order valence-corrected chi connectivity index (χ0v) is 10.7. The van der Waals surface area contributed by atoms with Crippen LogP contribution in [0, 0.1) is 5.92 Å². The molecule has 1 heterocycles. The molecule has 0 aromatic carbocycles. The summed E-state index contributed by atoms with van der Waals surface area (Å²) in [5.41, 5.74) is 5.86. The molecule has 1 rings (SSSR count). The molecule has 0 radical (unpaired) electrons. The Morgan fingerprint density at radius 3 is 2.53 bits per heavy atom. The molecule has 0 aliphatic carbocycles. The Kier molecular flexibility index (Phi) is 4.89. The van der Waals surface area contributed by atoms with Crippen LogP contribution in [0.3, 0.4) is 0 Å². The van der Waals surface area contributed by atoms with E-state index >= 15 is 0 Å². The van der Waals surface area contributed by atoms with Crippen LogP contribution in [0.1, 0.15) is 20.8 Å². The predicted octanol–water partition coefficient (Wildman–Crippen LogP) is -0.500. The van der Waals surface area contributed by atoms with Crippen molar-refractivity contribution < 1.29 is 9.59 Å². The van der Waals surface area contributed by atoms with Crippen LogP contribution < -0.4 is 16.4 Å². The van der Waals surface area contributed by atoms with Crippen LogP contribution in [-0.4, -0.2) is 48.6 Å². The first-order valence-electron chi connectivity index (χ1n) is 5.96. The Morgan fingerprint density at radius 2 is 2.06 bits per heavy atom. The van der Waals surface area contributed by atoms with Crippen LogP contribution in [0.5, 0.6) is 0 Å². The number of nitrogens with one attached hydrogen (secondary N) is 2. The Bertz CT molecular complexity index is 283. The maximum absolute atomic E-state index is 11.5. The zero-order valence-electron chi connectivity index (χ0n) is 10.7. The second-order valence-electron chi connectivity index (χ2n) is 5.01. The highest BCUT2D eigenvalue weighted by atomic mass is 16.2. The molecule has 4 N–H and O–H groups in total. The van der Waals surface area contributed by atoms with Crippen molar-refractivity contribution in [3.05, 3.63) is 0 Å². The normalized spacial score (nSPS) is 25.0. The largest absolute Gasteiger partial charge is 0.336 e. The molecule has 1 saturated heterocycles. The lowest BCUT2D eigenvalue weighted by atomic mass is 10.1. The molecule has 3 amide bonds. The van der Waals surface area contributed by atoms with Crippen LogP contribution in [0.4, 0.5) is 4.79 Å². The van der Waals surface area contributed by atoms with Gasteiger partial charge in [0.05, 0.1) is 6.54 Å². The molecule has 2 unspecified atom stereocenters. The van der Waals surface area contributed by atoms with E-state index in [9.17, 15) is 9.59 Å². The van der Waals surface area contributed by atoms with E-state index in [0.29, 0.717) is 12.5 Å². The minimum absolute atomic E-state index is 0.0167. The quantitative estimate of drug-likeness (QED) is 0.622. The number of likely N-dealkylation sites (tertiary alicyclic amines) is 1. The Hall–Kier alpha value is -1.14. The molecule has 0 aromatic rings. The summed E-state index contributed by atoms with van der Waals surface area (Å²) in [5, 5.41) is 4.90. The number of nitrogens with zero attached hydrogens (tertiary/aromatic N) is 1. The van der Waals surface area contributed by atoms with Crippen molar-refractivity contribution in [2.75, 3.05) is 19.6 Å². The molecule has 6 heteroatoms. The molecule has 0 saturated carbocycles. The number of imide groups is 1. The Morgan fingerprint density at radius 1 is 1.41 bits per heavy atom. The molecule has 98 valence electrons. The highest BCUT2D eigenvalue weighted by Gasteiger charge is 2.27. The third-order valence-corrected chi connectivity index (χ3v) is 2.79. The molecule has 0 spiro atoms. The second-order valence-corrected chi connectivity index (χ2v) is 5.01. The molecule has 2 atom stereocenters. The summed E-state index contributed by atoms with van der Waals surface area (Å²) in [5.74, 6) is 0.108. The fourth-order valence-electron chi connectivity index (χ4n) is 1.89. The summed E-state index contributed by atoms with van der Waals surface area (Å²) < 4.78 is 0. The fourth-order valence-corrected chi connectivity index (χ4v) is 1.89. The first-order chi connectivity index (χ1) is 7.88. The number of amides is 3. The highest BCUT2D eigenvalue weighted by molar-refractivity contribution is 5.95. The van der Waals surface area contributed by atoms with Crippen LogP contribution in [0.2, 0.25) is 0 Å². The summed E-state index contributed by atoms with van der Waals surface area (Å²) in [7, 11) is 0. The molecule has 17 heavy (non-hydrogen) atoms. The molecule has 0 aromatic heterocycles. The lowest BCUT2D eigenvalue weighted by molar-refractivity contribution is -0.120. The number of urea groups is 1. The highest BCUT2D eigenvalue weighted by Crippen LogP contribution is 2.13. The van der Waals surface area contributed by atoms with Crippen LogP contribution in [0.25, 0.3) is 0 Å². The maximum Gasteiger partial charge on any atom is 0.321 e. The van der Waals surface area contributed by atoms with Crippen LogP contribution >= 0.6 is 0 Å². The number of nitrogens with two attached hydrogens (primary N) is 1. The standard InChI is InChI=1S/C11H22N4O2/c1-7(2)13-11(17)14-10(16)6-15-4-8(3)9(12)5-15/h7-9H,4-6,12H2,1-3H3,(H2,13,14,16,17). The van der Waals surface area contributed by atoms with Crippen molar-refractivity contribution in [2.45, 2.75) is 32.9 Å². The topological polar surface area (TPSA) is 87.5 Å². The van der Waals surface area contributed by atoms with E-state index in [-0.39, 0.29) is 24.5 Å². The van der Waals surface area contributed by atoms with E-state index in [1.165, 1.54) is 0 Å². The van der Waals surface area contributed by atoms with Crippen molar-refractivity contribution >= 4 is 11.9 Å². The molecule has 1 aliphatic rings. The average Bonchev–Trinajstić information content (AvgIpc) is 2.43. The maximum atomic E-state index is 11.5. The third-order valence-electron chi connectivity index (χ3n) is 2.79. The summed E-state index contributed by atoms with van der Waals surface area (Å²) in [6.45, 7) is 7.48. The van der Waals surface area contributed by atoms with Gasteiger partial charge in [0.15, 0.2) is 0 Å². The number of rotatable bonds is 3. The Balaban J connectivity index is 2.28. The SMILES string of the molecule is CC(C)NC(=O)NC(=O)CN1CC(C)C(N)C1. The van der Waals surface area contributed by atoms with Gasteiger partial charge in [-0.05, 0) is 19.8 Å². The molecular weight excluding hydrogens is 220 g/mol. The van der Waals surface area contributed by atoms with Gasteiger partial charge in [-0.1, -0.05) is 6.92 Å². The predicted molar refractivity (Wildman–Crippen MR) is 65.4 cm³/mol. The van der Waals surface area contributed by atoms with E-state index in [1.807, 2.05) is 18.7 Å². The van der Waals surface area contributed by atoms with E-state index in [4.69, 9.17) is 5.73 Å². The van der Waals surface area contributed by atoms with Crippen molar-refractivity contribution in [3.8, 4) is 0 Å². The van der Waals surface area contributed by atoms with Crippen molar-refractivity contribution in [1.29, 1.82) is 0 Å². The van der Waals surface area contributed by atoms with Crippen LogP contribution in [-0.2, 0) is 4.79 Å². The number of hydrogen-bond donors (Lipinski definition) is 3. The second kappa shape index (κ2) is 5.97. The Labute approximate surface area is 102 Å². The smallest absolute Gasteiger partial charge is 0.321 e. The fraction of sp³-hybridized carbons (Fsp3) is 0.818. The number of carbonyl (C=O) groups is 2. The van der Waals surface area contributed by atoms with Gasteiger partial charge in [-0.25, -0.2) is 4.79 Å². The summed E-state index contributed by atoms with van der Waals surface area (Å²) >= 11 is 0. The summed E-state index contributed by atoms with van der Waals surface area (Å²) in [6, 6.07) is -0.308. The lowest BCUT2D eigenvalue weighted by Gasteiger charge is -2.15. The van der Waals surface area contributed by atoms with Crippen molar-refractivity contribution in [1.82, 2.24) is 15.5 Å². The van der Waals surface area contributed by atoms with Gasteiger partial charge < -0.3 is 11.1 Å². The zero-order chi connectivity index (χ0) is 13.0. The molecule has 1 aliphatic heterocycles. The van der Waals surface area contributed by atoms with Gasteiger partial charge in [0.2, 0.25) is 5.91 Å². The monoisotopic (exact) mass is 242 g/mol. The molecule has 0 bridgehead atoms. The first-order valence-corrected chi connectivity index (χ1v) is 5.96. The van der Waals surface area contributed by atoms with Gasteiger partial charge in [-0.2, -0.15) is 0 Å². The third kappa shape index (κ3) is 4.70.